The fourth-order valence-electron chi connectivity index (χ4n) is 1.84. The molecule has 0 radical (unpaired) electrons. The van der Waals surface area contributed by atoms with Crippen LogP contribution in [0.3, 0.4) is 0 Å². The first-order chi connectivity index (χ1) is 8.90. The van der Waals surface area contributed by atoms with Crippen LogP contribution in [0, 0.1) is 0 Å². The van der Waals surface area contributed by atoms with Crippen molar-refractivity contribution in [1.82, 2.24) is 4.72 Å². The number of hydrogen-bond donors (Lipinski definition) is 2. The molecule has 0 fully saturated rings. The van der Waals surface area contributed by atoms with Gasteiger partial charge < -0.3 is 9.15 Å². The predicted molar refractivity (Wildman–Crippen MR) is 72.0 cm³/mol. The van der Waals surface area contributed by atoms with Gasteiger partial charge in [0.05, 0.1) is 12.6 Å². The van der Waals surface area contributed by atoms with Gasteiger partial charge in [0, 0.05) is 5.39 Å². The minimum Gasteiger partial charge on any atom is -0.490 e. The van der Waals surface area contributed by atoms with Crippen LogP contribution >= 0.6 is 0 Å². The lowest BCUT2D eigenvalue weighted by Gasteiger charge is -2.08. The van der Waals surface area contributed by atoms with Gasteiger partial charge in [0.1, 0.15) is 5.76 Å². The van der Waals surface area contributed by atoms with Gasteiger partial charge in [-0.25, -0.2) is 5.14 Å². The highest BCUT2D eigenvalue weighted by Crippen LogP contribution is 2.31. The fourth-order valence-corrected chi connectivity index (χ4v) is 2.45. The minimum atomic E-state index is -3.77. The third kappa shape index (κ3) is 3.25. The number of rotatable bonds is 5. The van der Waals surface area contributed by atoms with Crippen LogP contribution in [-0.4, -0.2) is 15.0 Å². The number of nitrogens with one attached hydrogen (secondary N) is 1. The van der Waals surface area contributed by atoms with Crippen molar-refractivity contribution in [3.63, 3.8) is 0 Å². The second-order valence-electron chi connectivity index (χ2n) is 4.14. The largest absolute Gasteiger partial charge is 0.490 e. The Morgan fingerprint density at radius 1 is 1.47 bits per heavy atom. The zero-order valence-electron chi connectivity index (χ0n) is 10.7. The van der Waals surface area contributed by atoms with Crippen molar-refractivity contribution in [2.45, 2.75) is 19.9 Å². The molecule has 3 N–H and O–H groups in total. The summed E-state index contributed by atoms with van der Waals surface area (Å²) >= 11 is 0. The monoisotopic (exact) mass is 284 g/mol. The number of para-hydroxylation sites is 1. The maximum Gasteiger partial charge on any atom is 0.275 e. The summed E-state index contributed by atoms with van der Waals surface area (Å²) in [6.07, 6.45) is 0. The average molecular weight is 284 g/mol. The van der Waals surface area contributed by atoms with Gasteiger partial charge in [-0.2, -0.15) is 13.1 Å². The molecule has 0 aliphatic rings. The second kappa shape index (κ2) is 5.20. The number of hydrogen-bond acceptors (Lipinski definition) is 4. The zero-order chi connectivity index (χ0) is 14.0. The lowest BCUT2D eigenvalue weighted by Crippen LogP contribution is -2.32. The van der Waals surface area contributed by atoms with Gasteiger partial charge in [-0.1, -0.05) is 12.1 Å². The van der Waals surface area contributed by atoms with Crippen molar-refractivity contribution in [1.29, 1.82) is 0 Å². The van der Waals surface area contributed by atoms with Crippen molar-refractivity contribution in [3.8, 4) is 5.75 Å². The molecule has 0 aliphatic heterocycles. The number of benzene rings is 1. The van der Waals surface area contributed by atoms with Gasteiger partial charge in [0.25, 0.3) is 10.2 Å². The average Bonchev–Trinajstić information content (AvgIpc) is 2.72. The van der Waals surface area contributed by atoms with Crippen LogP contribution in [0.5, 0.6) is 5.75 Å². The van der Waals surface area contributed by atoms with Crippen molar-refractivity contribution in [2.24, 2.45) is 5.14 Å². The van der Waals surface area contributed by atoms with E-state index in [1.807, 2.05) is 19.1 Å². The number of furan rings is 1. The molecule has 0 bridgehead atoms. The molecule has 1 aromatic heterocycles. The first kappa shape index (κ1) is 13.9. The van der Waals surface area contributed by atoms with E-state index < -0.39 is 16.3 Å². The van der Waals surface area contributed by atoms with E-state index in [4.69, 9.17) is 14.3 Å². The minimum absolute atomic E-state index is 0.483. The molecule has 7 heteroatoms. The van der Waals surface area contributed by atoms with Crippen LogP contribution < -0.4 is 14.6 Å². The van der Waals surface area contributed by atoms with Gasteiger partial charge in [-0.3, -0.25) is 0 Å². The lowest BCUT2D eigenvalue weighted by atomic mass is 10.2. The molecule has 1 atom stereocenters. The van der Waals surface area contributed by atoms with Gasteiger partial charge in [0.15, 0.2) is 11.3 Å². The highest BCUT2D eigenvalue weighted by atomic mass is 32.2. The van der Waals surface area contributed by atoms with Crippen LogP contribution in [0.2, 0.25) is 0 Å². The van der Waals surface area contributed by atoms with E-state index in [2.05, 4.69) is 4.72 Å². The van der Waals surface area contributed by atoms with Crippen molar-refractivity contribution in [3.05, 3.63) is 30.0 Å². The summed E-state index contributed by atoms with van der Waals surface area (Å²) in [6, 6.07) is 6.74. The van der Waals surface area contributed by atoms with Crippen LogP contribution in [0.25, 0.3) is 11.0 Å². The highest BCUT2D eigenvalue weighted by molar-refractivity contribution is 7.87. The molecular formula is C12H16N2O4S. The van der Waals surface area contributed by atoms with E-state index in [1.165, 1.54) is 0 Å². The lowest BCUT2D eigenvalue weighted by molar-refractivity contribution is 0.336. The fraction of sp³-hybridized carbons (Fsp3) is 0.333. The Kier molecular flexibility index (Phi) is 3.79. The first-order valence-corrected chi connectivity index (χ1v) is 7.40. The van der Waals surface area contributed by atoms with Gasteiger partial charge >= 0.3 is 0 Å². The molecule has 104 valence electrons. The smallest absolute Gasteiger partial charge is 0.275 e. The highest BCUT2D eigenvalue weighted by Gasteiger charge is 2.17. The van der Waals surface area contributed by atoms with Crippen LogP contribution in [0.1, 0.15) is 25.6 Å². The van der Waals surface area contributed by atoms with E-state index in [9.17, 15) is 8.42 Å². The molecular weight excluding hydrogens is 268 g/mol. The maximum atomic E-state index is 11.0. The summed E-state index contributed by atoms with van der Waals surface area (Å²) in [6.45, 7) is 4.07. The Hall–Kier alpha value is -1.57. The Bertz CT molecular complexity index is 678. The molecule has 1 heterocycles. The summed E-state index contributed by atoms with van der Waals surface area (Å²) in [5.74, 6) is 1.12. The third-order valence-corrected chi connectivity index (χ3v) is 3.28. The van der Waals surface area contributed by atoms with E-state index in [0.717, 1.165) is 5.39 Å². The second-order valence-corrected chi connectivity index (χ2v) is 5.47. The quantitative estimate of drug-likeness (QED) is 0.873. The summed E-state index contributed by atoms with van der Waals surface area (Å²) in [7, 11) is -3.77. The summed E-state index contributed by atoms with van der Waals surface area (Å²) < 4.78 is 35.4. The number of nitrogens with two attached hydrogens (primary N) is 1. The normalized spacial score (nSPS) is 13.6. The van der Waals surface area contributed by atoms with Crippen molar-refractivity contribution in [2.75, 3.05) is 6.61 Å². The molecule has 2 rings (SSSR count). The Labute approximate surface area is 111 Å². The molecule has 0 unspecified atom stereocenters. The van der Waals surface area contributed by atoms with Gasteiger partial charge in [-0.05, 0) is 26.0 Å². The number of fused-ring (bicyclic) bond motifs is 1. The third-order valence-electron chi connectivity index (χ3n) is 2.59. The van der Waals surface area contributed by atoms with Crippen molar-refractivity contribution < 1.29 is 17.6 Å². The summed E-state index contributed by atoms with van der Waals surface area (Å²) in [4.78, 5) is 0. The Morgan fingerprint density at radius 2 is 2.21 bits per heavy atom. The van der Waals surface area contributed by atoms with Gasteiger partial charge in [0.2, 0.25) is 0 Å². The number of ether oxygens (including phenoxy) is 1. The molecule has 6 nitrogen and oxygen atoms in total. The molecule has 2 aromatic rings. The van der Waals surface area contributed by atoms with Crippen molar-refractivity contribution >= 4 is 21.2 Å². The van der Waals surface area contributed by atoms with Crippen LogP contribution in [-0.2, 0) is 10.2 Å². The van der Waals surface area contributed by atoms with Gasteiger partial charge in [-0.15, -0.1) is 0 Å². The maximum absolute atomic E-state index is 11.0. The Morgan fingerprint density at radius 3 is 2.84 bits per heavy atom. The summed E-state index contributed by atoms with van der Waals surface area (Å²) in [5, 5.41) is 5.79. The molecule has 19 heavy (non-hydrogen) atoms. The zero-order valence-corrected chi connectivity index (χ0v) is 11.5. The molecule has 0 saturated heterocycles. The predicted octanol–water partition coefficient (Wildman–Crippen LogP) is 1.69. The van der Waals surface area contributed by atoms with Crippen LogP contribution in [0.15, 0.2) is 28.7 Å². The topological polar surface area (TPSA) is 94.6 Å². The van der Waals surface area contributed by atoms with E-state index in [1.54, 1.807) is 19.1 Å². The van der Waals surface area contributed by atoms with E-state index in [0.29, 0.717) is 23.7 Å². The molecule has 0 saturated carbocycles. The van der Waals surface area contributed by atoms with Crippen LogP contribution in [0.4, 0.5) is 0 Å². The molecule has 0 amide bonds. The first-order valence-electron chi connectivity index (χ1n) is 5.86. The van der Waals surface area contributed by atoms with E-state index in [-0.39, 0.29) is 0 Å². The Balaban J connectivity index is 2.38. The SMILES string of the molecule is CCOc1cccc2cc([C@@H](C)NS(N)(=O)=O)oc12. The van der Waals surface area contributed by atoms with E-state index >= 15 is 0 Å². The standard InChI is InChI=1S/C12H16N2O4S/c1-3-17-10-6-4-5-9-7-11(18-12(9)10)8(2)14-19(13,15)16/h4-8,14H,3H2,1-2H3,(H2,13,15,16)/t8-/m1/s1. The molecule has 0 aliphatic carbocycles. The summed E-state index contributed by atoms with van der Waals surface area (Å²) in [5.41, 5.74) is 0.599. The molecule has 0 spiro atoms. The molecule has 1 aromatic carbocycles.